The van der Waals surface area contributed by atoms with Crippen molar-refractivity contribution in [1.82, 2.24) is 0 Å². The zero-order chi connectivity index (χ0) is 6.57. The molecule has 0 bridgehead atoms. The van der Waals surface area contributed by atoms with E-state index in [0.717, 1.165) is 0 Å². The summed E-state index contributed by atoms with van der Waals surface area (Å²) in [6, 6.07) is 0. The molecule has 0 unspecified atom stereocenters. The molecule has 0 aliphatic heterocycles. The van der Waals surface area contributed by atoms with Crippen molar-refractivity contribution >= 4 is 13.6 Å². The van der Waals surface area contributed by atoms with Crippen LogP contribution in [0.15, 0.2) is 0 Å². The van der Waals surface area contributed by atoms with Crippen molar-refractivity contribution in [3.63, 3.8) is 0 Å². The summed E-state index contributed by atoms with van der Waals surface area (Å²) < 4.78 is 9.88. The molecule has 46 valence electrons. The fourth-order valence-electron chi connectivity index (χ4n) is 0.641. The van der Waals surface area contributed by atoms with Gasteiger partial charge in [0.05, 0.1) is 0 Å². The van der Waals surface area contributed by atoms with E-state index in [1.807, 2.05) is 0 Å². The van der Waals surface area contributed by atoms with Crippen LogP contribution in [0, 0.1) is 0 Å². The summed E-state index contributed by atoms with van der Waals surface area (Å²) in [5.74, 6) is 0. The smallest absolute Gasteiger partial charge is 0.405 e. The molecule has 0 aromatic carbocycles. The molecule has 0 rings (SSSR count). The highest BCUT2D eigenvalue weighted by Gasteiger charge is 2.20. The van der Waals surface area contributed by atoms with Crippen LogP contribution >= 0.6 is 0 Å². The second-order valence-corrected chi connectivity index (χ2v) is 2.08. The second kappa shape index (κ2) is 3.98. The summed E-state index contributed by atoms with van der Waals surface area (Å²) in [4.78, 5) is 0. The van der Waals surface area contributed by atoms with E-state index >= 15 is 0 Å². The van der Waals surface area contributed by atoms with Gasteiger partial charge in [0.15, 0.2) is 6.60 Å². The number of rotatable bonds is 3. The lowest BCUT2D eigenvalue weighted by atomic mass is 9.27. The first kappa shape index (κ1) is 8.05. The van der Waals surface area contributed by atoms with Crippen molar-refractivity contribution in [2.45, 2.75) is 13.6 Å². The molecule has 8 heavy (non-hydrogen) atoms. The van der Waals surface area contributed by atoms with Crippen molar-refractivity contribution in [3.8, 4) is 0 Å². The normalized spacial score (nSPS) is 9.00. The van der Waals surface area contributed by atoms with Gasteiger partial charge in [-0.1, -0.05) is 13.6 Å². The van der Waals surface area contributed by atoms with E-state index in [1.165, 1.54) is 0 Å². The van der Waals surface area contributed by atoms with Gasteiger partial charge in [0, 0.05) is 14.2 Å². The van der Waals surface area contributed by atoms with Gasteiger partial charge in [0.2, 0.25) is 0 Å². The largest absolute Gasteiger partial charge is 0.420 e. The fourth-order valence-corrected chi connectivity index (χ4v) is 0.641. The van der Waals surface area contributed by atoms with E-state index in [0.29, 0.717) is 6.60 Å². The average molecular weight is 114 g/mol. The lowest BCUT2D eigenvalue weighted by Gasteiger charge is -2.08. The topological polar surface area (TPSA) is 18.5 Å². The van der Waals surface area contributed by atoms with Gasteiger partial charge < -0.3 is 9.31 Å². The van der Waals surface area contributed by atoms with E-state index in [1.54, 1.807) is 14.2 Å². The van der Waals surface area contributed by atoms with Gasteiger partial charge in [-0.05, 0) is 0 Å². The molecule has 2 nitrogen and oxygen atoms in total. The van der Waals surface area contributed by atoms with Crippen LogP contribution in [0.2, 0.25) is 13.6 Å². The maximum absolute atomic E-state index is 4.94. The average Bonchev–Trinajstić information content (AvgIpc) is 1.69. The van der Waals surface area contributed by atoms with E-state index in [-0.39, 0.29) is 7.01 Å². The van der Waals surface area contributed by atoms with E-state index in [9.17, 15) is 0 Å². The Labute approximate surface area is 51.8 Å². The molecule has 0 spiro atoms. The van der Waals surface area contributed by atoms with Crippen molar-refractivity contribution < 1.29 is 9.31 Å². The van der Waals surface area contributed by atoms with E-state index < -0.39 is 0 Å². The summed E-state index contributed by atoms with van der Waals surface area (Å²) in [5.41, 5.74) is 0. The highest BCUT2D eigenvalue weighted by atomic mass is 16.6. The minimum Gasteiger partial charge on any atom is -0.420 e. The third kappa shape index (κ3) is 2.38. The second-order valence-electron chi connectivity index (χ2n) is 2.08. The first-order valence-corrected chi connectivity index (χ1v) is 2.78. The molecule has 0 aliphatic rings. The van der Waals surface area contributed by atoms with Crippen molar-refractivity contribution in [2.24, 2.45) is 0 Å². The molecule has 4 heteroatoms. The lowest BCUT2D eigenvalue weighted by molar-refractivity contribution is 0.297. The minimum atomic E-state index is -0.0463. The molecule has 0 radical (unpaired) electrons. The molecule has 0 saturated carbocycles. The summed E-state index contributed by atoms with van der Waals surface area (Å²) >= 11 is 0. The summed E-state index contributed by atoms with van der Waals surface area (Å²) in [7, 11) is 3.25. The Hall–Kier alpha value is 0.0499. The summed E-state index contributed by atoms with van der Waals surface area (Å²) in [6.07, 6.45) is 0. The number of hydrogen-bond acceptors (Lipinski definition) is 2. The van der Waals surface area contributed by atoms with Crippen LogP contribution in [0.25, 0.3) is 0 Å². The van der Waals surface area contributed by atoms with Crippen LogP contribution in [0.3, 0.4) is 0 Å². The summed E-state index contributed by atoms with van der Waals surface area (Å²) in [6.45, 7) is 4.54. The monoisotopic (exact) mass is 114 g/mol. The van der Waals surface area contributed by atoms with Crippen LogP contribution in [-0.4, -0.2) is 27.8 Å². The predicted molar refractivity (Wildman–Crippen MR) is 37.3 cm³/mol. The van der Waals surface area contributed by atoms with Crippen LogP contribution in [-0.2, 0) is 9.31 Å². The third-order valence-electron chi connectivity index (χ3n) is 1.01. The standard InChI is InChI=1S/C4H12B2O2/c1-5(2)6(7-3)8-4/h1-4H3. The molecule has 0 aromatic rings. The van der Waals surface area contributed by atoms with Crippen molar-refractivity contribution in [1.29, 1.82) is 0 Å². The molecular weight excluding hydrogens is 102 g/mol. The van der Waals surface area contributed by atoms with Gasteiger partial charge in [0.1, 0.15) is 0 Å². The molecule has 0 saturated heterocycles. The van der Waals surface area contributed by atoms with Crippen LogP contribution < -0.4 is 0 Å². The Morgan fingerprint density at radius 2 is 1.38 bits per heavy atom. The van der Waals surface area contributed by atoms with E-state index in [2.05, 4.69) is 13.6 Å². The fraction of sp³-hybridized carbons (Fsp3) is 1.00. The molecule has 0 amide bonds. The highest BCUT2D eigenvalue weighted by molar-refractivity contribution is 7.15. The molecule has 0 fully saturated rings. The van der Waals surface area contributed by atoms with Gasteiger partial charge in [0.25, 0.3) is 0 Å². The molecule has 0 aromatic heterocycles. The third-order valence-corrected chi connectivity index (χ3v) is 1.01. The Balaban J connectivity index is 3.35. The first-order valence-electron chi connectivity index (χ1n) is 2.78. The Kier molecular flexibility index (Phi) is 4.01. The van der Waals surface area contributed by atoms with E-state index in [4.69, 9.17) is 9.31 Å². The molecule has 0 aliphatic carbocycles. The molecule has 0 N–H and O–H groups in total. The minimum absolute atomic E-state index is 0.0463. The lowest BCUT2D eigenvalue weighted by Crippen LogP contribution is -2.34. The Morgan fingerprint density at radius 3 is 1.38 bits per heavy atom. The van der Waals surface area contributed by atoms with Crippen LogP contribution in [0.1, 0.15) is 0 Å². The molecular formula is C4H12B2O2. The maximum Gasteiger partial charge on any atom is 0.405 e. The maximum atomic E-state index is 4.94. The zero-order valence-corrected chi connectivity index (χ0v) is 5.97. The zero-order valence-electron chi connectivity index (χ0n) is 5.97. The van der Waals surface area contributed by atoms with Crippen LogP contribution in [0.5, 0.6) is 0 Å². The van der Waals surface area contributed by atoms with Gasteiger partial charge in [-0.2, -0.15) is 0 Å². The van der Waals surface area contributed by atoms with Gasteiger partial charge in [-0.3, -0.25) is 0 Å². The van der Waals surface area contributed by atoms with Crippen molar-refractivity contribution in [2.75, 3.05) is 14.2 Å². The molecule has 0 heterocycles. The summed E-state index contributed by atoms with van der Waals surface area (Å²) in [5, 5.41) is 0. The molecule has 0 atom stereocenters. The van der Waals surface area contributed by atoms with Gasteiger partial charge >= 0.3 is 7.01 Å². The van der Waals surface area contributed by atoms with Crippen molar-refractivity contribution in [3.05, 3.63) is 0 Å². The van der Waals surface area contributed by atoms with Gasteiger partial charge in [-0.15, -0.1) is 0 Å². The predicted octanol–water partition coefficient (Wildman–Crippen LogP) is 0.600. The Bertz CT molecular complexity index is 54.0. The SMILES string of the molecule is COB(OC)B(C)C. The quantitative estimate of drug-likeness (QED) is 0.500. The number of hydrogen-bond donors (Lipinski definition) is 0. The Morgan fingerprint density at radius 1 is 1.00 bits per heavy atom. The highest BCUT2D eigenvalue weighted by Crippen LogP contribution is 1.90. The van der Waals surface area contributed by atoms with Gasteiger partial charge in [-0.25, -0.2) is 0 Å². The van der Waals surface area contributed by atoms with Crippen LogP contribution in [0.4, 0.5) is 0 Å². The first-order chi connectivity index (χ1) is 3.72.